The van der Waals surface area contributed by atoms with Gasteiger partial charge in [0.05, 0.1) is 6.61 Å². The minimum absolute atomic E-state index is 0.0320. The summed E-state index contributed by atoms with van der Waals surface area (Å²) in [5, 5.41) is 2.68. The van der Waals surface area contributed by atoms with E-state index in [9.17, 15) is 13.2 Å². The SMILES string of the molecule is CCOCCNc1cc(N)nc(C(F)(F)F)n1. The molecule has 0 spiro atoms. The summed E-state index contributed by atoms with van der Waals surface area (Å²) >= 11 is 0. The second-order valence-corrected chi connectivity index (χ2v) is 3.12. The van der Waals surface area contributed by atoms with Gasteiger partial charge in [0.15, 0.2) is 0 Å². The molecule has 0 amide bonds. The number of rotatable bonds is 5. The highest BCUT2D eigenvalue weighted by atomic mass is 19.4. The largest absolute Gasteiger partial charge is 0.451 e. The molecule has 0 aromatic carbocycles. The maximum Gasteiger partial charge on any atom is 0.451 e. The van der Waals surface area contributed by atoms with E-state index in [-0.39, 0.29) is 11.6 Å². The molecule has 0 radical (unpaired) electrons. The third-order valence-corrected chi connectivity index (χ3v) is 1.76. The van der Waals surface area contributed by atoms with Crippen LogP contribution in [0, 0.1) is 0 Å². The Morgan fingerprint density at radius 1 is 1.41 bits per heavy atom. The number of nitrogens with one attached hydrogen (secondary N) is 1. The molecule has 1 heterocycles. The van der Waals surface area contributed by atoms with Crippen LogP contribution >= 0.6 is 0 Å². The summed E-state index contributed by atoms with van der Waals surface area (Å²) in [6, 6.07) is 1.24. The number of alkyl halides is 3. The zero-order valence-corrected chi connectivity index (χ0v) is 9.21. The summed E-state index contributed by atoms with van der Waals surface area (Å²) in [6.07, 6.45) is -4.61. The normalized spacial score (nSPS) is 11.5. The van der Waals surface area contributed by atoms with Crippen molar-refractivity contribution in [1.29, 1.82) is 0 Å². The van der Waals surface area contributed by atoms with Gasteiger partial charge in [-0.2, -0.15) is 13.2 Å². The Morgan fingerprint density at radius 3 is 2.71 bits per heavy atom. The smallest absolute Gasteiger partial charge is 0.384 e. The Balaban J connectivity index is 2.69. The lowest BCUT2D eigenvalue weighted by molar-refractivity contribution is -0.144. The molecule has 8 heteroatoms. The molecular formula is C9H13F3N4O. The van der Waals surface area contributed by atoms with Crippen LogP contribution in [0.3, 0.4) is 0 Å². The second-order valence-electron chi connectivity index (χ2n) is 3.12. The molecule has 0 aliphatic rings. The van der Waals surface area contributed by atoms with E-state index >= 15 is 0 Å². The van der Waals surface area contributed by atoms with Crippen LogP contribution in [0.15, 0.2) is 6.07 Å². The van der Waals surface area contributed by atoms with Crippen LogP contribution in [0.5, 0.6) is 0 Å². The Hall–Kier alpha value is -1.57. The molecule has 0 saturated carbocycles. The van der Waals surface area contributed by atoms with E-state index in [2.05, 4.69) is 15.3 Å². The van der Waals surface area contributed by atoms with Crippen LogP contribution in [0.4, 0.5) is 24.8 Å². The van der Waals surface area contributed by atoms with Crippen molar-refractivity contribution in [2.45, 2.75) is 13.1 Å². The van der Waals surface area contributed by atoms with Gasteiger partial charge in [0.25, 0.3) is 0 Å². The first kappa shape index (κ1) is 13.5. The van der Waals surface area contributed by atoms with Crippen molar-refractivity contribution in [2.24, 2.45) is 0 Å². The number of halogens is 3. The van der Waals surface area contributed by atoms with Gasteiger partial charge in [-0.3, -0.25) is 0 Å². The minimum atomic E-state index is -4.61. The highest BCUT2D eigenvalue weighted by Gasteiger charge is 2.35. The van der Waals surface area contributed by atoms with Gasteiger partial charge in [-0.25, -0.2) is 9.97 Å². The molecular weight excluding hydrogens is 237 g/mol. The standard InChI is InChI=1S/C9H13F3N4O/c1-2-17-4-3-14-7-5-6(13)15-8(16-7)9(10,11)12/h5H,2-4H2,1H3,(H3,13,14,15,16). The van der Waals surface area contributed by atoms with Gasteiger partial charge in [-0.05, 0) is 6.92 Å². The second kappa shape index (κ2) is 5.67. The highest BCUT2D eigenvalue weighted by molar-refractivity contribution is 5.44. The van der Waals surface area contributed by atoms with Crippen LogP contribution in [0.25, 0.3) is 0 Å². The number of anilines is 2. The van der Waals surface area contributed by atoms with E-state index < -0.39 is 12.0 Å². The summed E-state index contributed by atoms with van der Waals surface area (Å²) in [5.74, 6) is -1.45. The van der Waals surface area contributed by atoms with E-state index in [0.29, 0.717) is 19.8 Å². The summed E-state index contributed by atoms with van der Waals surface area (Å²) < 4.78 is 42.1. The van der Waals surface area contributed by atoms with E-state index in [1.54, 1.807) is 0 Å². The summed E-state index contributed by atoms with van der Waals surface area (Å²) in [4.78, 5) is 6.44. The van der Waals surface area contributed by atoms with E-state index in [1.165, 1.54) is 6.07 Å². The van der Waals surface area contributed by atoms with Crippen LogP contribution in [-0.4, -0.2) is 29.7 Å². The third-order valence-electron chi connectivity index (χ3n) is 1.76. The lowest BCUT2D eigenvalue weighted by atomic mass is 10.4. The summed E-state index contributed by atoms with van der Waals surface area (Å²) in [7, 11) is 0. The lowest BCUT2D eigenvalue weighted by Gasteiger charge is -2.09. The van der Waals surface area contributed by atoms with Gasteiger partial charge in [-0.1, -0.05) is 0 Å². The number of aromatic nitrogens is 2. The van der Waals surface area contributed by atoms with Crippen molar-refractivity contribution in [1.82, 2.24) is 9.97 Å². The van der Waals surface area contributed by atoms with Crippen molar-refractivity contribution >= 4 is 11.6 Å². The fourth-order valence-corrected chi connectivity index (χ4v) is 1.08. The molecule has 0 unspecified atom stereocenters. The maximum atomic E-state index is 12.4. The first-order valence-corrected chi connectivity index (χ1v) is 4.97. The molecule has 17 heavy (non-hydrogen) atoms. The molecule has 0 saturated heterocycles. The fourth-order valence-electron chi connectivity index (χ4n) is 1.08. The third kappa shape index (κ3) is 4.43. The molecule has 5 nitrogen and oxygen atoms in total. The van der Waals surface area contributed by atoms with Crippen molar-refractivity contribution in [2.75, 3.05) is 30.8 Å². The number of nitrogens with zero attached hydrogens (tertiary/aromatic N) is 2. The van der Waals surface area contributed by atoms with Crippen molar-refractivity contribution in [3.05, 3.63) is 11.9 Å². The molecule has 3 N–H and O–H groups in total. The molecule has 96 valence electrons. The number of ether oxygens (including phenoxy) is 1. The van der Waals surface area contributed by atoms with Crippen LogP contribution < -0.4 is 11.1 Å². The van der Waals surface area contributed by atoms with Crippen LogP contribution in [-0.2, 0) is 10.9 Å². The molecule has 1 rings (SSSR count). The molecule has 0 fully saturated rings. The topological polar surface area (TPSA) is 73.1 Å². The monoisotopic (exact) mass is 250 g/mol. The zero-order chi connectivity index (χ0) is 12.9. The number of nitrogens with two attached hydrogens (primary N) is 1. The summed E-state index contributed by atoms with van der Waals surface area (Å²) in [5.41, 5.74) is 5.26. The molecule has 1 aromatic heterocycles. The van der Waals surface area contributed by atoms with Gasteiger partial charge in [0, 0.05) is 19.2 Å². The number of hydrogen-bond donors (Lipinski definition) is 2. The Labute approximate surface area is 96.2 Å². The zero-order valence-electron chi connectivity index (χ0n) is 9.21. The van der Waals surface area contributed by atoms with Crippen LogP contribution in [0.2, 0.25) is 0 Å². The van der Waals surface area contributed by atoms with Gasteiger partial charge in [0.2, 0.25) is 5.82 Å². The lowest BCUT2D eigenvalue weighted by Crippen LogP contribution is -2.16. The van der Waals surface area contributed by atoms with Gasteiger partial charge in [0.1, 0.15) is 11.6 Å². The predicted octanol–water partition coefficient (Wildman–Crippen LogP) is 1.53. The molecule has 1 aromatic rings. The summed E-state index contributed by atoms with van der Waals surface area (Å²) in [6.45, 7) is 3.09. The van der Waals surface area contributed by atoms with Crippen molar-refractivity contribution in [3.8, 4) is 0 Å². The first-order valence-electron chi connectivity index (χ1n) is 4.97. The van der Waals surface area contributed by atoms with Crippen molar-refractivity contribution in [3.63, 3.8) is 0 Å². The van der Waals surface area contributed by atoms with E-state index in [4.69, 9.17) is 10.5 Å². The Kier molecular flexibility index (Phi) is 4.50. The Morgan fingerprint density at radius 2 is 2.12 bits per heavy atom. The fraction of sp³-hybridized carbons (Fsp3) is 0.556. The molecule has 0 aliphatic carbocycles. The quantitative estimate of drug-likeness (QED) is 0.775. The number of hydrogen-bond acceptors (Lipinski definition) is 5. The van der Waals surface area contributed by atoms with Crippen molar-refractivity contribution < 1.29 is 17.9 Å². The van der Waals surface area contributed by atoms with Gasteiger partial charge >= 0.3 is 6.18 Å². The van der Waals surface area contributed by atoms with Crippen LogP contribution in [0.1, 0.15) is 12.7 Å². The first-order chi connectivity index (χ1) is 7.93. The van der Waals surface area contributed by atoms with E-state index in [1.807, 2.05) is 6.92 Å². The molecule has 0 aliphatic heterocycles. The van der Waals surface area contributed by atoms with E-state index in [0.717, 1.165) is 0 Å². The van der Waals surface area contributed by atoms with Gasteiger partial charge in [-0.15, -0.1) is 0 Å². The van der Waals surface area contributed by atoms with Gasteiger partial charge < -0.3 is 15.8 Å². The predicted molar refractivity (Wildman–Crippen MR) is 56.4 cm³/mol. The average molecular weight is 250 g/mol. The molecule has 0 bridgehead atoms. The molecule has 0 atom stereocenters. The highest BCUT2D eigenvalue weighted by Crippen LogP contribution is 2.27. The maximum absolute atomic E-state index is 12.4. The Bertz CT molecular complexity index is 370. The number of nitrogen functional groups attached to an aromatic ring is 1. The average Bonchev–Trinajstić information content (AvgIpc) is 2.22. The minimum Gasteiger partial charge on any atom is -0.384 e.